The van der Waals surface area contributed by atoms with E-state index in [4.69, 9.17) is 4.74 Å². The molecule has 3 rings (SSSR count). The number of amides is 1. The van der Waals surface area contributed by atoms with Crippen LogP contribution >= 0.6 is 11.3 Å². The second kappa shape index (κ2) is 9.07. The Morgan fingerprint density at radius 3 is 2.77 bits per heavy atom. The molecule has 0 aliphatic heterocycles. The highest BCUT2D eigenvalue weighted by Gasteiger charge is 2.31. The monoisotopic (exact) mass is 440 g/mol. The summed E-state index contributed by atoms with van der Waals surface area (Å²) >= 11 is 1.37. The Kier molecular flexibility index (Phi) is 6.70. The lowest BCUT2D eigenvalue weighted by Gasteiger charge is -2.18. The zero-order chi connectivity index (χ0) is 21.9. The summed E-state index contributed by atoms with van der Waals surface area (Å²) in [6.45, 7) is 3.85. The van der Waals surface area contributed by atoms with E-state index in [1.54, 1.807) is 6.92 Å². The fraction of sp³-hybridized carbons (Fsp3) is 0.429. The predicted octanol–water partition coefficient (Wildman–Crippen LogP) is 5.12. The van der Waals surface area contributed by atoms with Gasteiger partial charge in [0.2, 0.25) is 5.91 Å². The average Bonchev–Trinajstić information content (AvgIpc) is 3.03. The van der Waals surface area contributed by atoms with Crippen LogP contribution in [0.2, 0.25) is 0 Å². The fourth-order valence-electron chi connectivity index (χ4n) is 3.42. The summed E-state index contributed by atoms with van der Waals surface area (Å²) in [5.74, 6) is -0.424. The lowest BCUT2D eigenvalue weighted by Crippen LogP contribution is -2.23. The summed E-state index contributed by atoms with van der Waals surface area (Å²) in [6.07, 6.45) is -1.91. The molecular formula is C21H23F3N2O3S. The van der Waals surface area contributed by atoms with Gasteiger partial charge in [0, 0.05) is 10.6 Å². The number of alkyl halides is 3. The topological polar surface area (TPSA) is 67.4 Å². The van der Waals surface area contributed by atoms with Crippen LogP contribution in [0.4, 0.5) is 23.9 Å². The van der Waals surface area contributed by atoms with Gasteiger partial charge in [0.25, 0.3) is 0 Å². The number of anilines is 2. The highest BCUT2D eigenvalue weighted by molar-refractivity contribution is 7.17. The van der Waals surface area contributed by atoms with Crippen LogP contribution < -0.4 is 10.6 Å². The molecular weight excluding hydrogens is 417 g/mol. The number of carbonyl (C=O) groups is 2. The zero-order valence-corrected chi connectivity index (χ0v) is 17.5. The molecule has 1 aromatic heterocycles. The van der Waals surface area contributed by atoms with Gasteiger partial charge >= 0.3 is 12.1 Å². The number of rotatable bonds is 6. The number of hydrogen-bond acceptors (Lipinski definition) is 5. The molecule has 0 saturated carbocycles. The van der Waals surface area contributed by atoms with Crippen molar-refractivity contribution < 1.29 is 27.5 Å². The minimum absolute atomic E-state index is 0.185. The Bertz CT molecular complexity index is 940. The van der Waals surface area contributed by atoms with Crippen LogP contribution in [0.25, 0.3) is 0 Å². The first-order valence-corrected chi connectivity index (χ1v) is 10.5. The van der Waals surface area contributed by atoms with Crippen molar-refractivity contribution in [3.05, 3.63) is 45.8 Å². The predicted molar refractivity (Wildman–Crippen MR) is 110 cm³/mol. The second-order valence-corrected chi connectivity index (χ2v) is 8.36. The maximum Gasteiger partial charge on any atom is 0.416 e. The number of ether oxygens (including phenoxy) is 1. The van der Waals surface area contributed by atoms with Gasteiger partial charge in [0.05, 0.1) is 24.3 Å². The molecule has 1 aromatic carbocycles. The first-order valence-electron chi connectivity index (χ1n) is 9.71. The number of carbonyl (C=O) groups excluding carboxylic acids is 2. The van der Waals surface area contributed by atoms with Gasteiger partial charge in [-0.25, -0.2) is 4.79 Å². The van der Waals surface area contributed by atoms with E-state index in [1.165, 1.54) is 23.5 Å². The van der Waals surface area contributed by atoms with Gasteiger partial charge in [-0.15, -0.1) is 11.3 Å². The molecule has 5 nitrogen and oxygen atoms in total. The molecule has 30 heavy (non-hydrogen) atoms. The summed E-state index contributed by atoms with van der Waals surface area (Å²) in [7, 11) is 0. The van der Waals surface area contributed by atoms with Crippen LogP contribution in [-0.4, -0.2) is 25.0 Å². The largest absolute Gasteiger partial charge is 0.462 e. The van der Waals surface area contributed by atoms with Crippen molar-refractivity contribution in [2.75, 3.05) is 23.8 Å². The van der Waals surface area contributed by atoms with Crippen molar-refractivity contribution >= 4 is 33.9 Å². The Morgan fingerprint density at radius 1 is 1.30 bits per heavy atom. The summed E-state index contributed by atoms with van der Waals surface area (Å²) < 4.78 is 43.7. The minimum Gasteiger partial charge on any atom is -0.462 e. The molecule has 162 valence electrons. The summed E-state index contributed by atoms with van der Waals surface area (Å²) in [5.41, 5.74) is 0.719. The number of fused-ring (bicyclic) bond motifs is 1. The van der Waals surface area contributed by atoms with E-state index < -0.39 is 23.6 Å². The summed E-state index contributed by atoms with van der Waals surface area (Å²) in [5, 5.41) is 5.86. The molecule has 0 bridgehead atoms. The van der Waals surface area contributed by atoms with Crippen molar-refractivity contribution in [3.63, 3.8) is 0 Å². The number of nitrogens with one attached hydrogen (secondary N) is 2. The number of esters is 1. The van der Waals surface area contributed by atoms with Crippen molar-refractivity contribution in [1.82, 2.24) is 0 Å². The van der Waals surface area contributed by atoms with Gasteiger partial charge in [-0.2, -0.15) is 13.2 Å². The number of hydrogen-bond donors (Lipinski definition) is 2. The number of benzene rings is 1. The van der Waals surface area contributed by atoms with Crippen molar-refractivity contribution in [2.45, 2.75) is 39.3 Å². The van der Waals surface area contributed by atoms with Gasteiger partial charge in [-0.05, 0) is 55.9 Å². The lowest BCUT2D eigenvalue weighted by molar-refractivity contribution is -0.137. The Labute approximate surface area is 176 Å². The average molecular weight is 440 g/mol. The minimum atomic E-state index is -4.46. The maximum atomic E-state index is 12.8. The van der Waals surface area contributed by atoms with E-state index >= 15 is 0 Å². The molecule has 1 unspecified atom stereocenters. The summed E-state index contributed by atoms with van der Waals surface area (Å²) in [6, 6.07) is 4.64. The molecule has 2 N–H and O–H groups in total. The molecule has 0 radical (unpaired) electrons. The molecule has 1 amide bonds. The molecule has 0 fully saturated rings. The first-order chi connectivity index (χ1) is 14.2. The standard InChI is InChI=1S/C21H23F3N2O3S/c1-3-29-20(28)18-15-8-7-12(2)9-16(15)30-19(18)26-17(27)11-25-14-6-4-5-13(10-14)21(22,23)24/h4-6,10,12,25H,3,7-9,11H2,1-2H3,(H,26,27). The molecule has 2 aromatic rings. The number of thiophene rings is 1. The van der Waals surface area contributed by atoms with Gasteiger partial charge in [-0.3, -0.25) is 4.79 Å². The molecule has 1 atom stereocenters. The van der Waals surface area contributed by atoms with E-state index in [2.05, 4.69) is 17.6 Å². The van der Waals surface area contributed by atoms with E-state index in [9.17, 15) is 22.8 Å². The molecule has 1 aliphatic carbocycles. The third kappa shape index (κ3) is 5.13. The molecule has 9 heteroatoms. The van der Waals surface area contributed by atoms with Gasteiger partial charge in [-0.1, -0.05) is 13.0 Å². The molecule has 1 aliphatic rings. The van der Waals surface area contributed by atoms with E-state index in [0.717, 1.165) is 41.8 Å². The Hall–Kier alpha value is -2.55. The highest BCUT2D eigenvalue weighted by Crippen LogP contribution is 2.40. The van der Waals surface area contributed by atoms with Crippen LogP contribution in [0, 0.1) is 5.92 Å². The summed E-state index contributed by atoms with van der Waals surface area (Å²) in [4.78, 5) is 26.0. The van der Waals surface area contributed by atoms with E-state index in [-0.39, 0.29) is 18.8 Å². The SMILES string of the molecule is CCOC(=O)c1c(NC(=O)CNc2cccc(C(F)(F)F)c2)sc2c1CCC(C)C2. The van der Waals surface area contributed by atoms with Crippen LogP contribution in [0.3, 0.4) is 0 Å². The molecule has 0 spiro atoms. The van der Waals surface area contributed by atoms with E-state index in [1.807, 2.05) is 0 Å². The quantitative estimate of drug-likeness (QED) is 0.612. The Balaban J connectivity index is 1.73. The fourth-order valence-corrected chi connectivity index (χ4v) is 4.83. The normalized spacial score (nSPS) is 16.0. The van der Waals surface area contributed by atoms with Crippen LogP contribution in [0.5, 0.6) is 0 Å². The molecule has 0 saturated heterocycles. The first kappa shape index (κ1) is 22.1. The number of halogens is 3. The van der Waals surface area contributed by atoms with Gasteiger partial charge < -0.3 is 15.4 Å². The lowest BCUT2D eigenvalue weighted by atomic mass is 9.88. The maximum absolute atomic E-state index is 12.8. The van der Waals surface area contributed by atoms with Crippen molar-refractivity contribution in [1.29, 1.82) is 0 Å². The van der Waals surface area contributed by atoms with Gasteiger partial charge in [0.15, 0.2) is 0 Å². The Morgan fingerprint density at radius 2 is 2.07 bits per heavy atom. The smallest absolute Gasteiger partial charge is 0.416 e. The second-order valence-electron chi connectivity index (χ2n) is 7.26. The van der Waals surface area contributed by atoms with Crippen LogP contribution in [0.15, 0.2) is 24.3 Å². The van der Waals surface area contributed by atoms with Crippen molar-refractivity contribution in [2.24, 2.45) is 5.92 Å². The van der Waals surface area contributed by atoms with Crippen LogP contribution in [-0.2, 0) is 28.5 Å². The molecule has 1 heterocycles. The third-order valence-corrected chi connectivity index (χ3v) is 6.06. The zero-order valence-electron chi connectivity index (χ0n) is 16.7. The van der Waals surface area contributed by atoms with Crippen molar-refractivity contribution in [3.8, 4) is 0 Å². The highest BCUT2D eigenvalue weighted by atomic mass is 32.1. The third-order valence-electron chi connectivity index (χ3n) is 4.89. The van der Waals surface area contributed by atoms with E-state index in [0.29, 0.717) is 16.5 Å². The van der Waals surface area contributed by atoms with Crippen LogP contribution in [0.1, 0.15) is 46.6 Å². The van der Waals surface area contributed by atoms with Gasteiger partial charge in [0.1, 0.15) is 5.00 Å².